The van der Waals surface area contributed by atoms with Crippen molar-refractivity contribution in [3.05, 3.63) is 47.6 Å². The van der Waals surface area contributed by atoms with Gasteiger partial charge in [0.05, 0.1) is 0 Å². The Morgan fingerprint density at radius 1 is 1.16 bits per heavy atom. The Labute approximate surface area is 114 Å². The van der Waals surface area contributed by atoms with Crippen LogP contribution in [0.25, 0.3) is 0 Å². The molecule has 100 valence electrons. The van der Waals surface area contributed by atoms with Crippen LogP contribution in [0.5, 0.6) is 11.5 Å². The molecule has 2 aliphatic rings. The van der Waals surface area contributed by atoms with Crippen LogP contribution in [-0.2, 0) is 0 Å². The van der Waals surface area contributed by atoms with Gasteiger partial charge in [-0.05, 0) is 37.4 Å². The summed E-state index contributed by atoms with van der Waals surface area (Å²) in [4.78, 5) is 2.18. The van der Waals surface area contributed by atoms with Gasteiger partial charge in [0.15, 0.2) is 11.5 Å². The van der Waals surface area contributed by atoms with E-state index in [0.29, 0.717) is 19.1 Å². The van der Waals surface area contributed by atoms with Gasteiger partial charge in [0.1, 0.15) is 13.2 Å². The van der Waals surface area contributed by atoms with Gasteiger partial charge in [0.2, 0.25) is 0 Å². The van der Waals surface area contributed by atoms with Crippen LogP contribution in [0.1, 0.15) is 11.5 Å². The number of benzene rings is 1. The lowest BCUT2D eigenvalue weighted by Gasteiger charge is -2.19. The average Bonchev–Trinajstić information content (AvgIpc) is 2.86. The zero-order valence-corrected chi connectivity index (χ0v) is 11.4. The van der Waals surface area contributed by atoms with E-state index in [9.17, 15) is 0 Å². The van der Waals surface area contributed by atoms with Crippen molar-refractivity contribution in [3.63, 3.8) is 0 Å². The molecule has 0 amide bonds. The molecular formula is C16H19NO2. The minimum atomic E-state index is 0.353. The maximum atomic E-state index is 5.64. The van der Waals surface area contributed by atoms with Gasteiger partial charge in [-0.2, -0.15) is 0 Å². The molecular weight excluding hydrogens is 238 g/mol. The van der Waals surface area contributed by atoms with Gasteiger partial charge in [-0.3, -0.25) is 0 Å². The van der Waals surface area contributed by atoms with Gasteiger partial charge >= 0.3 is 0 Å². The van der Waals surface area contributed by atoms with Crippen LogP contribution in [-0.4, -0.2) is 38.8 Å². The molecule has 0 radical (unpaired) electrons. The third kappa shape index (κ3) is 2.66. The fourth-order valence-electron chi connectivity index (χ4n) is 2.51. The van der Waals surface area contributed by atoms with E-state index in [1.807, 2.05) is 6.07 Å². The first-order valence-corrected chi connectivity index (χ1v) is 6.65. The molecule has 1 heterocycles. The second-order valence-electron chi connectivity index (χ2n) is 5.27. The van der Waals surface area contributed by atoms with E-state index >= 15 is 0 Å². The number of nitrogens with zero attached hydrogens (tertiary/aromatic N) is 1. The average molecular weight is 257 g/mol. The molecule has 0 bridgehead atoms. The molecule has 0 aromatic heterocycles. The van der Waals surface area contributed by atoms with Crippen LogP contribution in [0.3, 0.4) is 0 Å². The van der Waals surface area contributed by atoms with Crippen LogP contribution in [0.15, 0.2) is 42.0 Å². The third-order valence-corrected chi connectivity index (χ3v) is 3.36. The van der Waals surface area contributed by atoms with Crippen molar-refractivity contribution >= 4 is 0 Å². The molecule has 3 nitrogen and oxygen atoms in total. The lowest BCUT2D eigenvalue weighted by molar-refractivity contribution is 0.171. The van der Waals surface area contributed by atoms with Crippen molar-refractivity contribution in [3.8, 4) is 11.5 Å². The molecule has 0 fully saturated rings. The molecule has 1 atom stereocenters. The fraction of sp³-hybridized carbons (Fsp3) is 0.375. The Bertz CT molecular complexity index is 532. The highest BCUT2D eigenvalue weighted by Gasteiger charge is 2.17. The summed E-state index contributed by atoms with van der Waals surface area (Å²) in [6.07, 6.45) is 6.76. The van der Waals surface area contributed by atoms with E-state index in [-0.39, 0.29) is 0 Å². The first-order chi connectivity index (χ1) is 9.22. The fourth-order valence-corrected chi connectivity index (χ4v) is 2.51. The van der Waals surface area contributed by atoms with Gasteiger partial charge < -0.3 is 14.4 Å². The standard InChI is InChI=1S/C16H19NO2/c1-17(2)11-12-3-4-13(9-12)14-5-6-15-16(10-14)19-8-7-18-15/h3-6,9-10,13H,7-8,11H2,1-2H3. The monoisotopic (exact) mass is 257 g/mol. The molecule has 0 spiro atoms. The van der Waals surface area contributed by atoms with Crippen molar-refractivity contribution in [2.45, 2.75) is 5.92 Å². The molecule has 1 aliphatic carbocycles. The summed E-state index contributed by atoms with van der Waals surface area (Å²) < 4.78 is 11.2. The van der Waals surface area contributed by atoms with E-state index in [1.54, 1.807) is 0 Å². The Morgan fingerprint density at radius 2 is 1.95 bits per heavy atom. The highest BCUT2D eigenvalue weighted by Crippen LogP contribution is 2.35. The van der Waals surface area contributed by atoms with Crippen LogP contribution < -0.4 is 9.47 Å². The zero-order chi connectivity index (χ0) is 13.2. The summed E-state index contributed by atoms with van der Waals surface area (Å²) in [5.74, 6) is 2.08. The van der Waals surface area contributed by atoms with Gasteiger partial charge in [-0.1, -0.05) is 24.3 Å². The van der Waals surface area contributed by atoms with Crippen molar-refractivity contribution in [1.82, 2.24) is 4.90 Å². The maximum Gasteiger partial charge on any atom is 0.161 e. The number of fused-ring (bicyclic) bond motifs is 1. The minimum Gasteiger partial charge on any atom is -0.486 e. The number of likely N-dealkylation sites (N-methyl/N-ethyl adjacent to an activating group) is 1. The normalized spacial score (nSPS) is 20.8. The summed E-state index contributed by atoms with van der Waals surface area (Å²) >= 11 is 0. The molecule has 3 rings (SSSR count). The molecule has 1 aromatic carbocycles. The number of rotatable bonds is 3. The summed E-state index contributed by atoms with van der Waals surface area (Å²) in [5, 5.41) is 0. The molecule has 19 heavy (non-hydrogen) atoms. The summed E-state index contributed by atoms with van der Waals surface area (Å²) in [7, 11) is 4.18. The number of hydrogen-bond acceptors (Lipinski definition) is 3. The number of ether oxygens (including phenoxy) is 2. The van der Waals surface area contributed by atoms with E-state index < -0.39 is 0 Å². The van der Waals surface area contributed by atoms with E-state index in [0.717, 1.165) is 18.0 Å². The van der Waals surface area contributed by atoms with Crippen LogP contribution >= 0.6 is 0 Å². The smallest absolute Gasteiger partial charge is 0.161 e. The highest BCUT2D eigenvalue weighted by molar-refractivity contribution is 5.48. The predicted octanol–water partition coefficient (Wildman–Crippen LogP) is 2.60. The molecule has 3 heteroatoms. The SMILES string of the molecule is CN(C)CC1=CC(c2ccc3c(c2)OCCO3)C=C1. The minimum absolute atomic E-state index is 0.353. The highest BCUT2D eigenvalue weighted by atomic mass is 16.6. The van der Waals surface area contributed by atoms with Gasteiger partial charge in [-0.25, -0.2) is 0 Å². The maximum absolute atomic E-state index is 5.64. The molecule has 0 saturated carbocycles. The molecule has 1 aliphatic heterocycles. The topological polar surface area (TPSA) is 21.7 Å². The third-order valence-electron chi connectivity index (χ3n) is 3.36. The molecule has 1 aromatic rings. The van der Waals surface area contributed by atoms with Gasteiger partial charge in [0.25, 0.3) is 0 Å². The Balaban J connectivity index is 1.80. The van der Waals surface area contributed by atoms with Gasteiger partial charge in [0, 0.05) is 12.5 Å². The molecule has 0 N–H and O–H groups in total. The van der Waals surface area contributed by atoms with Crippen LogP contribution in [0.2, 0.25) is 0 Å². The molecule has 1 unspecified atom stereocenters. The summed E-state index contributed by atoms with van der Waals surface area (Å²) in [6, 6.07) is 6.23. The summed E-state index contributed by atoms with van der Waals surface area (Å²) in [6.45, 7) is 2.26. The Hall–Kier alpha value is -1.74. The van der Waals surface area contributed by atoms with Crippen molar-refractivity contribution in [1.29, 1.82) is 0 Å². The zero-order valence-electron chi connectivity index (χ0n) is 11.4. The lowest BCUT2D eigenvalue weighted by Crippen LogP contribution is -2.15. The van der Waals surface area contributed by atoms with Crippen molar-refractivity contribution < 1.29 is 9.47 Å². The Morgan fingerprint density at radius 3 is 2.74 bits per heavy atom. The summed E-state index contributed by atoms with van der Waals surface area (Å²) in [5.41, 5.74) is 2.62. The quantitative estimate of drug-likeness (QED) is 0.831. The Kier molecular flexibility index (Phi) is 3.30. The largest absolute Gasteiger partial charge is 0.486 e. The number of allylic oxidation sites excluding steroid dienone is 2. The van der Waals surface area contributed by atoms with E-state index in [2.05, 4.69) is 49.4 Å². The van der Waals surface area contributed by atoms with E-state index in [1.165, 1.54) is 11.1 Å². The van der Waals surface area contributed by atoms with E-state index in [4.69, 9.17) is 9.47 Å². The first kappa shape index (κ1) is 12.3. The number of hydrogen-bond donors (Lipinski definition) is 0. The second-order valence-corrected chi connectivity index (χ2v) is 5.27. The van der Waals surface area contributed by atoms with Crippen LogP contribution in [0.4, 0.5) is 0 Å². The second kappa shape index (κ2) is 5.10. The molecule has 0 saturated heterocycles. The van der Waals surface area contributed by atoms with Crippen molar-refractivity contribution in [2.75, 3.05) is 33.9 Å². The van der Waals surface area contributed by atoms with Crippen molar-refractivity contribution in [2.24, 2.45) is 0 Å². The first-order valence-electron chi connectivity index (χ1n) is 6.65. The predicted molar refractivity (Wildman–Crippen MR) is 76.0 cm³/mol. The van der Waals surface area contributed by atoms with Crippen LogP contribution in [0, 0.1) is 0 Å². The lowest BCUT2D eigenvalue weighted by atomic mass is 10.00. The van der Waals surface area contributed by atoms with Gasteiger partial charge in [-0.15, -0.1) is 0 Å².